The quantitative estimate of drug-likeness (QED) is 0.228. The molecule has 0 aliphatic carbocycles. The van der Waals surface area contributed by atoms with Crippen LogP contribution < -0.4 is 11.5 Å². The van der Waals surface area contributed by atoms with Crippen LogP contribution in [-0.2, 0) is 26.1 Å². The van der Waals surface area contributed by atoms with Gasteiger partial charge in [-0.1, -0.05) is 0 Å². The first-order chi connectivity index (χ1) is 7.86. The summed E-state index contributed by atoms with van der Waals surface area (Å²) in [5.41, 5.74) is 10.5. The third-order valence-corrected chi connectivity index (χ3v) is 8.42. The minimum absolute atomic E-state index is 0.109. The first-order valence-electron chi connectivity index (χ1n) is 3.90. The molecule has 6 nitrogen and oxygen atoms in total. The van der Waals surface area contributed by atoms with Crippen LogP contribution in [0.1, 0.15) is 0 Å². The number of hydrogen-bond donors (Lipinski definition) is 4. The summed E-state index contributed by atoms with van der Waals surface area (Å²) in [5.74, 6) is -2.02. The second kappa shape index (κ2) is 13.6. The van der Waals surface area contributed by atoms with Gasteiger partial charge in [0.15, 0.2) is 0 Å². The van der Waals surface area contributed by atoms with E-state index in [0.29, 0.717) is 10.6 Å². The fraction of sp³-hybridized carbons (Fsp3) is 0.667. The Labute approximate surface area is 126 Å². The molecule has 2 atom stereocenters. The topological polar surface area (TPSA) is 127 Å². The molecule has 0 fully saturated rings. The predicted molar refractivity (Wildman–Crippen MR) is 64.1 cm³/mol. The zero-order chi connectivity index (χ0) is 13.8. The fourth-order valence-corrected chi connectivity index (χ4v) is 7.30. The summed E-state index contributed by atoms with van der Waals surface area (Å²) in [5, 5.41) is 17.8. The molecule has 0 unspecified atom stereocenters. The summed E-state index contributed by atoms with van der Waals surface area (Å²) in [6, 6.07) is -1.64. The normalized spacial score (nSPS) is 13.4. The van der Waals surface area contributed by atoms with Gasteiger partial charge in [-0.2, -0.15) is 0 Å². The van der Waals surface area contributed by atoms with Crippen LogP contribution in [0.2, 0.25) is 10.6 Å². The van der Waals surface area contributed by atoms with E-state index in [1.807, 2.05) is 0 Å². The van der Waals surface area contributed by atoms with Gasteiger partial charge in [-0.15, -0.1) is 0 Å². The van der Waals surface area contributed by atoms with Gasteiger partial charge in [-0.3, -0.25) is 0 Å². The number of rotatable bonds is 7. The SMILES string of the molecule is N[C@@H](C[Se][Se]C[C@H](N)C(=O)O)C(=O)O.[Cl][Pt][Cl]. The van der Waals surface area contributed by atoms with Crippen LogP contribution in [0.15, 0.2) is 0 Å². The van der Waals surface area contributed by atoms with Gasteiger partial charge in [0.2, 0.25) is 0 Å². The summed E-state index contributed by atoms with van der Waals surface area (Å²) < 4.78 is 0. The standard InChI is InChI=1S/C6H12N2O4Se2.2ClH.Pt/c7-3(5(9)10)1-13-14-2-4(8)6(11)12;;;/h3-4H,1-2,7-8H2,(H,9,10)(H,11,12);2*1H;/q;;;+2/p-2/t3-,4-;;;/m0.../s1. The molecule has 106 valence electrons. The third-order valence-electron chi connectivity index (χ3n) is 1.21. The first kappa shape index (κ1) is 20.5. The Morgan fingerprint density at radius 3 is 1.47 bits per heavy atom. The van der Waals surface area contributed by atoms with Gasteiger partial charge >= 0.3 is 128 Å². The molecule has 17 heavy (non-hydrogen) atoms. The van der Waals surface area contributed by atoms with E-state index in [4.69, 9.17) is 40.5 Å². The molecular weight excluding hydrogens is 588 g/mol. The van der Waals surface area contributed by atoms with Gasteiger partial charge in [0.05, 0.1) is 0 Å². The van der Waals surface area contributed by atoms with E-state index >= 15 is 0 Å². The first-order valence-corrected chi connectivity index (χ1v) is 16.3. The second-order valence-electron chi connectivity index (χ2n) is 2.50. The van der Waals surface area contributed by atoms with Crippen molar-refractivity contribution in [2.75, 3.05) is 0 Å². The number of carboxylic acids is 2. The Morgan fingerprint density at radius 2 is 1.29 bits per heavy atom. The maximum absolute atomic E-state index is 10.3. The zero-order valence-electron chi connectivity index (χ0n) is 8.32. The van der Waals surface area contributed by atoms with Crippen molar-refractivity contribution in [2.45, 2.75) is 22.7 Å². The monoisotopic (exact) mass is 601 g/mol. The van der Waals surface area contributed by atoms with Crippen LogP contribution in [-0.4, -0.2) is 60.5 Å². The van der Waals surface area contributed by atoms with Crippen LogP contribution in [0.5, 0.6) is 0 Å². The summed E-state index contributed by atoms with van der Waals surface area (Å²) in [6.07, 6.45) is 0. The van der Waals surface area contributed by atoms with Crippen LogP contribution in [0.25, 0.3) is 0 Å². The fourth-order valence-electron chi connectivity index (χ4n) is 0.385. The molecule has 0 spiro atoms. The van der Waals surface area contributed by atoms with Crippen molar-refractivity contribution in [3.05, 3.63) is 0 Å². The second-order valence-corrected chi connectivity index (χ2v) is 13.3. The predicted octanol–water partition coefficient (Wildman–Crippen LogP) is -0.653. The summed E-state index contributed by atoms with van der Waals surface area (Å²) in [4.78, 5) is 20.6. The van der Waals surface area contributed by atoms with Crippen molar-refractivity contribution in [1.29, 1.82) is 0 Å². The number of aliphatic carboxylic acids is 2. The molecule has 0 aliphatic rings. The van der Waals surface area contributed by atoms with Gasteiger partial charge in [0, 0.05) is 0 Å². The third kappa shape index (κ3) is 15.1. The van der Waals surface area contributed by atoms with Gasteiger partial charge in [-0.25, -0.2) is 0 Å². The molecule has 0 saturated carbocycles. The van der Waals surface area contributed by atoms with Crippen molar-refractivity contribution < 1.29 is 36.3 Å². The number of nitrogens with two attached hydrogens (primary N) is 2. The Hall–Kier alpha value is 1.17. The summed E-state index contributed by atoms with van der Waals surface area (Å²) in [6.45, 7) is 0. The molecule has 0 aromatic rings. The molecule has 0 bridgehead atoms. The van der Waals surface area contributed by atoms with Gasteiger partial charge in [0.25, 0.3) is 0 Å². The molecule has 0 aromatic heterocycles. The van der Waals surface area contributed by atoms with E-state index < -0.39 is 40.5 Å². The van der Waals surface area contributed by atoms with Gasteiger partial charge in [0.1, 0.15) is 0 Å². The van der Waals surface area contributed by atoms with Crippen molar-refractivity contribution in [1.82, 2.24) is 0 Å². The van der Waals surface area contributed by atoms with Crippen LogP contribution in [0.3, 0.4) is 0 Å². The molecule has 0 saturated heterocycles. The van der Waals surface area contributed by atoms with Crippen LogP contribution in [0, 0.1) is 0 Å². The summed E-state index contributed by atoms with van der Waals surface area (Å²) >= 11 is -0.254. The van der Waals surface area contributed by atoms with Crippen molar-refractivity contribution in [3.8, 4) is 0 Å². The summed E-state index contributed by atoms with van der Waals surface area (Å²) in [7, 11) is 9.75. The maximum atomic E-state index is 10.3. The Morgan fingerprint density at radius 1 is 1.06 bits per heavy atom. The van der Waals surface area contributed by atoms with Crippen LogP contribution in [0.4, 0.5) is 0 Å². The van der Waals surface area contributed by atoms with E-state index in [1.165, 1.54) is 0 Å². The van der Waals surface area contributed by atoms with E-state index in [0.717, 1.165) is 0 Å². The molecule has 0 aliphatic heterocycles. The average Bonchev–Trinajstić information content (AvgIpc) is 2.24. The van der Waals surface area contributed by atoms with Crippen LogP contribution >= 0.6 is 18.8 Å². The molecule has 6 N–H and O–H groups in total. The number of carbonyl (C=O) groups is 2. The molecule has 0 heterocycles. The van der Waals surface area contributed by atoms with E-state index in [1.54, 1.807) is 0 Å². The Kier molecular flexibility index (Phi) is 16.4. The number of halogens is 2. The zero-order valence-corrected chi connectivity index (χ0v) is 15.5. The molecular formula is C6H12Cl2N2O4PtSe2. The molecule has 0 aromatic carbocycles. The minimum atomic E-state index is -1.01. The average molecular weight is 600 g/mol. The van der Waals surface area contributed by atoms with E-state index in [9.17, 15) is 9.59 Å². The molecule has 0 rings (SSSR count). The van der Waals surface area contributed by atoms with Gasteiger partial charge < -0.3 is 0 Å². The van der Waals surface area contributed by atoms with Crippen molar-refractivity contribution in [3.63, 3.8) is 0 Å². The van der Waals surface area contributed by atoms with Crippen molar-refractivity contribution >= 4 is 57.0 Å². The van der Waals surface area contributed by atoms with Crippen molar-refractivity contribution in [2.24, 2.45) is 11.5 Å². The number of carboxylic acid groups (broad SMARTS) is 2. The molecule has 0 amide bonds. The Bertz CT molecular complexity index is 218. The molecule has 11 heteroatoms. The number of hydrogen-bond acceptors (Lipinski definition) is 4. The van der Waals surface area contributed by atoms with Gasteiger partial charge in [-0.05, 0) is 0 Å². The molecule has 0 radical (unpaired) electrons. The van der Waals surface area contributed by atoms with E-state index in [2.05, 4.69) is 0 Å². The Balaban J connectivity index is 0. The van der Waals surface area contributed by atoms with E-state index in [-0.39, 0.29) is 26.3 Å².